The third kappa shape index (κ3) is 2.59. The lowest BCUT2D eigenvalue weighted by molar-refractivity contribution is 0.0658. The first-order valence-corrected chi connectivity index (χ1v) is 8.01. The highest BCUT2D eigenvalue weighted by Gasteiger charge is 2.38. The van der Waals surface area contributed by atoms with E-state index in [-0.39, 0.29) is 5.91 Å². The van der Waals surface area contributed by atoms with Gasteiger partial charge in [-0.1, -0.05) is 0 Å². The van der Waals surface area contributed by atoms with Crippen molar-refractivity contribution in [2.45, 2.75) is 44.7 Å². The highest BCUT2D eigenvalue weighted by molar-refractivity contribution is 5.93. The number of aryl methyl sites for hydroxylation is 1. The maximum absolute atomic E-state index is 12.8. The Balaban J connectivity index is 1.82. The third-order valence-corrected chi connectivity index (χ3v) is 5.01. The van der Waals surface area contributed by atoms with Gasteiger partial charge in [-0.25, -0.2) is 4.98 Å². The molecule has 3 rings (SSSR count). The number of likely N-dealkylation sites (tertiary alicyclic amines) is 2. The number of hydrogen-bond acceptors (Lipinski definition) is 4. The van der Waals surface area contributed by atoms with E-state index in [1.807, 2.05) is 4.90 Å². The summed E-state index contributed by atoms with van der Waals surface area (Å²) in [5, 5.41) is 8.98. The molecule has 3 heterocycles. The van der Waals surface area contributed by atoms with Gasteiger partial charge in [-0.05, 0) is 58.3 Å². The molecule has 0 aromatic carbocycles. The average Bonchev–Trinajstić information content (AvgIpc) is 3.14. The van der Waals surface area contributed by atoms with Crippen molar-refractivity contribution < 1.29 is 4.79 Å². The molecule has 2 aliphatic heterocycles. The second-order valence-electron chi connectivity index (χ2n) is 6.34. The van der Waals surface area contributed by atoms with Gasteiger partial charge in [0.2, 0.25) is 0 Å². The maximum Gasteiger partial charge on any atom is 0.272 e. The van der Waals surface area contributed by atoms with Crippen LogP contribution in [0.4, 0.5) is 0 Å². The molecular weight excluding hydrogens is 276 g/mol. The fourth-order valence-corrected chi connectivity index (χ4v) is 3.81. The largest absolute Gasteiger partial charge is 0.333 e. The van der Waals surface area contributed by atoms with Crippen LogP contribution in [0.5, 0.6) is 0 Å². The van der Waals surface area contributed by atoms with Gasteiger partial charge < -0.3 is 9.80 Å². The number of amides is 1. The van der Waals surface area contributed by atoms with Crippen LogP contribution in [0.2, 0.25) is 0 Å². The Labute approximate surface area is 131 Å². The highest BCUT2D eigenvalue weighted by Crippen LogP contribution is 2.30. The van der Waals surface area contributed by atoms with Crippen LogP contribution in [-0.2, 0) is 0 Å². The first kappa shape index (κ1) is 15.0. The van der Waals surface area contributed by atoms with Gasteiger partial charge in [-0.3, -0.25) is 4.79 Å². The van der Waals surface area contributed by atoms with Crippen molar-refractivity contribution in [3.05, 3.63) is 29.1 Å². The van der Waals surface area contributed by atoms with E-state index in [0.717, 1.165) is 25.9 Å². The van der Waals surface area contributed by atoms with E-state index in [2.05, 4.69) is 23.0 Å². The Hall–Kier alpha value is -1.93. The van der Waals surface area contributed by atoms with Crippen LogP contribution in [0.25, 0.3) is 0 Å². The number of aromatic nitrogens is 1. The highest BCUT2D eigenvalue weighted by atomic mass is 16.2. The van der Waals surface area contributed by atoms with E-state index in [0.29, 0.717) is 29.0 Å². The molecule has 1 aromatic heterocycles. The summed E-state index contributed by atoms with van der Waals surface area (Å²) in [7, 11) is 2.16. The maximum atomic E-state index is 12.8. The van der Waals surface area contributed by atoms with Crippen LogP contribution in [0.1, 0.15) is 47.4 Å². The number of rotatable bonds is 2. The molecule has 2 saturated heterocycles. The molecule has 0 aliphatic carbocycles. The smallest absolute Gasteiger partial charge is 0.272 e. The summed E-state index contributed by atoms with van der Waals surface area (Å²) >= 11 is 0. The fourth-order valence-electron chi connectivity index (χ4n) is 3.81. The van der Waals surface area contributed by atoms with Crippen molar-refractivity contribution in [1.82, 2.24) is 14.8 Å². The van der Waals surface area contributed by atoms with Gasteiger partial charge in [0.05, 0.1) is 11.3 Å². The molecule has 1 amide bonds. The van der Waals surface area contributed by atoms with Crippen molar-refractivity contribution in [2.24, 2.45) is 0 Å². The Morgan fingerprint density at radius 2 is 2.00 bits per heavy atom. The second kappa shape index (κ2) is 6.05. The van der Waals surface area contributed by atoms with Crippen molar-refractivity contribution in [3.63, 3.8) is 0 Å². The van der Waals surface area contributed by atoms with Crippen molar-refractivity contribution in [3.8, 4) is 6.07 Å². The van der Waals surface area contributed by atoms with Crippen molar-refractivity contribution in [2.75, 3.05) is 20.1 Å². The summed E-state index contributed by atoms with van der Waals surface area (Å²) in [6.07, 6.45) is 4.53. The Kier molecular flexibility index (Phi) is 4.12. The summed E-state index contributed by atoms with van der Waals surface area (Å²) in [6, 6.07) is 6.26. The standard InChI is InChI=1S/C17H22N4O/c1-12-13(11-18)7-8-14(19-12)17(22)21-10-4-6-16(21)15-5-3-9-20(15)2/h7-8,15-16H,3-6,9-10H2,1-2H3/t15-,16+/m0/s1. The van der Waals surface area contributed by atoms with Gasteiger partial charge in [-0.2, -0.15) is 5.26 Å². The molecular formula is C17H22N4O. The molecule has 0 spiro atoms. The molecule has 0 bridgehead atoms. The zero-order valence-corrected chi connectivity index (χ0v) is 13.2. The van der Waals surface area contributed by atoms with E-state index in [4.69, 9.17) is 5.26 Å². The number of hydrogen-bond donors (Lipinski definition) is 0. The molecule has 1 aromatic rings. The lowest BCUT2D eigenvalue weighted by Crippen LogP contribution is -2.47. The topological polar surface area (TPSA) is 60.2 Å². The number of nitriles is 1. The summed E-state index contributed by atoms with van der Waals surface area (Å²) in [4.78, 5) is 21.6. The molecule has 0 unspecified atom stereocenters. The van der Waals surface area contributed by atoms with Gasteiger partial charge in [0.1, 0.15) is 11.8 Å². The molecule has 2 fully saturated rings. The molecule has 0 radical (unpaired) electrons. The normalized spacial score (nSPS) is 25.4. The van der Waals surface area contributed by atoms with Gasteiger partial charge in [0.25, 0.3) is 5.91 Å². The van der Waals surface area contributed by atoms with Crippen LogP contribution in [0.15, 0.2) is 12.1 Å². The number of carbonyl (C=O) groups is 1. The monoisotopic (exact) mass is 298 g/mol. The predicted octanol–water partition coefficient (Wildman–Crippen LogP) is 1.96. The number of carbonyl (C=O) groups excluding carboxylic acids is 1. The quantitative estimate of drug-likeness (QED) is 0.837. The minimum Gasteiger partial charge on any atom is -0.333 e. The lowest BCUT2D eigenvalue weighted by Gasteiger charge is -2.33. The van der Waals surface area contributed by atoms with E-state index in [1.165, 1.54) is 12.8 Å². The van der Waals surface area contributed by atoms with Crippen molar-refractivity contribution >= 4 is 5.91 Å². The summed E-state index contributed by atoms with van der Waals surface area (Å²) in [5.74, 6) is 0.00962. The molecule has 2 atom stereocenters. The van der Waals surface area contributed by atoms with Gasteiger partial charge in [0, 0.05) is 18.6 Å². The summed E-state index contributed by atoms with van der Waals surface area (Å²) in [5.41, 5.74) is 1.62. The summed E-state index contributed by atoms with van der Waals surface area (Å²) in [6.45, 7) is 3.72. The van der Waals surface area contributed by atoms with Crippen molar-refractivity contribution in [1.29, 1.82) is 5.26 Å². The van der Waals surface area contributed by atoms with E-state index in [9.17, 15) is 4.79 Å². The SMILES string of the molecule is Cc1nc(C(=O)N2CCC[C@@H]2[C@@H]2CCCN2C)ccc1C#N. The van der Waals surface area contributed by atoms with Crippen LogP contribution < -0.4 is 0 Å². The molecule has 5 nitrogen and oxygen atoms in total. The zero-order chi connectivity index (χ0) is 15.7. The van der Waals surface area contributed by atoms with Gasteiger partial charge >= 0.3 is 0 Å². The third-order valence-electron chi connectivity index (χ3n) is 5.01. The van der Waals surface area contributed by atoms with E-state index in [1.54, 1.807) is 19.1 Å². The molecule has 0 saturated carbocycles. The fraction of sp³-hybridized carbons (Fsp3) is 0.588. The number of nitrogens with zero attached hydrogens (tertiary/aromatic N) is 4. The second-order valence-corrected chi connectivity index (χ2v) is 6.34. The van der Waals surface area contributed by atoms with Gasteiger partial charge in [-0.15, -0.1) is 0 Å². The van der Waals surface area contributed by atoms with Crippen LogP contribution in [-0.4, -0.2) is 52.9 Å². The first-order valence-electron chi connectivity index (χ1n) is 8.01. The molecule has 116 valence electrons. The number of pyridine rings is 1. The zero-order valence-electron chi connectivity index (χ0n) is 13.2. The van der Waals surface area contributed by atoms with Crippen LogP contribution in [0.3, 0.4) is 0 Å². The minimum atomic E-state index is 0.00962. The average molecular weight is 298 g/mol. The Morgan fingerprint density at radius 1 is 1.27 bits per heavy atom. The number of likely N-dealkylation sites (N-methyl/N-ethyl adjacent to an activating group) is 1. The summed E-state index contributed by atoms with van der Waals surface area (Å²) < 4.78 is 0. The first-order chi connectivity index (χ1) is 10.6. The Bertz CT molecular complexity index is 622. The van der Waals surface area contributed by atoms with E-state index >= 15 is 0 Å². The Morgan fingerprint density at radius 3 is 2.64 bits per heavy atom. The van der Waals surface area contributed by atoms with Crippen LogP contribution >= 0.6 is 0 Å². The minimum absolute atomic E-state index is 0.00962. The van der Waals surface area contributed by atoms with Crippen LogP contribution in [0, 0.1) is 18.3 Å². The van der Waals surface area contributed by atoms with E-state index < -0.39 is 0 Å². The predicted molar refractivity (Wildman–Crippen MR) is 83.4 cm³/mol. The molecule has 22 heavy (non-hydrogen) atoms. The van der Waals surface area contributed by atoms with Gasteiger partial charge in [0.15, 0.2) is 0 Å². The molecule has 5 heteroatoms. The molecule has 0 N–H and O–H groups in total. The lowest BCUT2D eigenvalue weighted by atomic mass is 10.0. The molecule has 2 aliphatic rings.